The summed E-state index contributed by atoms with van der Waals surface area (Å²) in [5.74, 6) is -1.31. The maximum absolute atomic E-state index is 14.1. The lowest BCUT2D eigenvalue weighted by atomic mass is 10.1. The number of nitrogens with zero attached hydrogens (tertiary/aromatic N) is 2. The van der Waals surface area contributed by atoms with Gasteiger partial charge in [-0.05, 0) is 42.3 Å². The van der Waals surface area contributed by atoms with E-state index in [0.29, 0.717) is 36.5 Å². The third-order valence-electron chi connectivity index (χ3n) is 4.93. The second-order valence-corrected chi connectivity index (χ2v) is 6.81. The number of H-pyrrole nitrogens is 1. The van der Waals surface area contributed by atoms with E-state index in [1.807, 2.05) is 4.90 Å². The number of alkyl halides is 3. The van der Waals surface area contributed by atoms with E-state index in [0.717, 1.165) is 17.3 Å². The summed E-state index contributed by atoms with van der Waals surface area (Å²) in [7, 11) is 0. The van der Waals surface area contributed by atoms with Gasteiger partial charge in [0.25, 0.3) is 0 Å². The Hall–Kier alpha value is -2.90. The molecule has 0 unspecified atom stereocenters. The fraction of sp³-hybridized carbons (Fsp3) is 0.250. The monoisotopic (exact) mass is 393 g/mol. The van der Waals surface area contributed by atoms with Crippen LogP contribution in [0.15, 0.2) is 36.5 Å². The molecule has 2 aromatic heterocycles. The minimum absolute atomic E-state index is 0.115. The summed E-state index contributed by atoms with van der Waals surface area (Å²) >= 11 is 0. The van der Waals surface area contributed by atoms with Crippen LogP contribution in [0.1, 0.15) is 22.5 Å². The van der Waals surface area contributed by atoms with E-state index in [4.69, 9.17) is 0 Å². The van der Waals surface area contributed by atoms with Crippen molar-refractivity contribution >= 4 is 5.69 Å². The number of hydrogen-bond donors (Lipinski definition) is 1. The molecule has 146 valence electrons. The molecular weight excluding hydrogens is 377 g/mol. The zero-order chi connectivity index (χ0) is 20.1. The summed E-state index contributed by atoms with van der Waals surface area (Å²) in [6.45, 7) is 2.58. The van der Waals surface area contributed by atoms with Gasteiger partial charge in [0.15, 0.2) is 0 Å². The van der Waals surface area contributed by atoms with E-state index < -0.39 is 23.5 Å². The molecule has 0 saturated heterocycles. The average molecular weight is 393 g/mol. The van der Waals surface area contributed by atoms with Crippen LogP contribution in [-0.2, 0) is 19.1 Å². The molecule has 0 atom stereocenters. The van der Waals surface area contributed by atoms with E-state index >= 15 is 0 Å². The van der Waals surface area contributed by atoms with E-state index in [1.54, 1.807) is 13.0 Å². The highest BCUT2D eigenvalue weighted by atomic mass is 19.4. The molecular formula is C20H16F5N3. The van der Waals surface area contributed by atoms with Crippen molar-refractivity contribution in [1.29, 1.82) is 0 Å². The van der Waals surface area contributed by atoms with Gasteiger partial charge in [0, 0.05) is 25.2 Å². The molecule has 3 heterocycles. The number of pyridine rings is 1. The number of benzene rings is 1. The van der Waals surface area contributed by atoms with Gasteiger partial charge in [0.2, 0.25) is 0 Å². The van der Waals surface area contributed by atoms with E-state index in [1.165, 1.54) is 24.4 Å². The lowest BCUT2D eigenvalue weighted by Crippen LogP contribution is -2.30. The molecule has 3 nitrogen and oxygen atoms in total. The minimum Gasteiger partial charge on any atom is -0.365 e. The Morgan fingerprint density at radius 3 is 2.46 bits per heavy atom. The lowest BCUT2D eigenvalue weighted by Gasteiger charge is -2.30. The van der Waals surface area contributed by atoms with Crippen molar-refractivity contribution < 1.29 is 22.0 Å². The van der Waals surface area contributed by atoms with Crippen molar-refractivity contribution in [2.75, 3.05) is 11.4 Å². The van der Waals surface area contributed by atoms with Crippen molar-refractivity contribution in [3.8, 4) is 11.3 Å². The number of aryl methyl sites for hydroxylation is 1. The van der Waals surface area contributed by atoms with Gasteiger partial charge in [0.1, 0.15) is 17.3 Å². The summed E-state index contributed by atoms with van der Waals surface area (Å²) in [6, 6.07) is 6.42. The third-order valence-corrected chi connectivity index (χ3v) is 4.93. The molecule has 0 aliphatic carbocycles. The molecule has 1 aromatic carbocycles. The van der Waals surface area contributed by atoms with Gasteiger partial charge >= 0.3 is 6.18 Å². The van der Waals surface area contributed by atoms with Crippen LogP contribution in [-0.4, -0.2) is 16.5 Å². The predicted octanol–water partition coefficient (Wildman–Crippen LogP) is 5.24. The number of aromatic amines is 1. The molecule has 0 spiro atoms. The van der Waals surface area contributed by atoms with Gasteiger partial charge in [0.05, 0.1) is 23.1 Å². The molecule has 1 aliphatic rings. The Morgan fingerprint density at radius 2 is 1.82 bits per heavy atom. The van der Waals surface area contributed by atoms with Gasteiger partial charge in [-0.15, -0.1) is 0 Å². The molecule has 0 amide bonds. The number of aromatic nitrogens is 2. The van der Waals surface area contributed by atoms with E-state index in [9.17, 15) is 22.0 Å². The number of fused-ring (bicyclic) bond motifs is 1. The number of nitrogens with one attached hydrogen (secondary N) is 1. The highest BCUT2D eigenvalue weighted by molar-refractivity contribution is 5.64. The van der Waals surface area contributed by atoms with Crippen LogP contribution in [0.25, 0.3) is 11.3 Å². The lowest BCUT2D eigenvalue weighted by molar-refractivity contribution is -0.141. The van der Waals surface area contributed by atoms with Gasteiger partial charge in [-0.25, -0.2) is 13.8 Å². The smallest absolute Gasteiger partial charge is 0.365 e. The molecule has 3 aromatic rings. The van der Waals surface area contributed by atoms with Crippen LogP contribution < -0.4 is 4.90 Å². The second-order valence-electron chi connectivity index (χ2n) is 6.81. The predicted molar refractivity (Wildman–Crippen MR) is 94.9 cm³/mol. The van der Waals surface area contributed by atoms with Crippen molar-refractivity contribution in [2.24, 2.45) is 0 Å². The van der Waals surface area contributed by atoms with Gasteiger partial charge in [-0.2, -0.15) is 13.2 Å². The first-order valence-corrected chi connectivity index (χ1v) is 8.68. The standard InChI is InChI=1S/C20H16F5N3/c1-11-7-18(20(23,24)25)26-9-17(11)28-6-5-15-12(10-28)8-16(27-15)19-13(21)3-2-4-14(19)22/h2-4,7-9,27H,5-6,10H2,1H3. The van der Waals surface area contributed by atoms with E-state index in [-0.39, 0.29) is 5.56 Å². The summed E-state index contributed by atoms with van der Waals surface area (Å²) in [4.78, 5) is 8.54. The van der Waals surface area contributed by atoms with Gasteiger partial charge < -0.3 is 9.88 Å². The molecule has 0 radical (unpaired) electrons. The van der Waals surface area contributed by atoms with Crippen LogP contribution in [0.2, 0.25) is 0 Å². The summed E-state index contributed by atoms with van der Waals surface area (Å²) in [6.07, 6.45) is -2.68. The molecule has 8 heteroatoms. The van der Waals surface area contributed by atoms with Crippen LogP contribution >= 0.6 is 0 Å². The van der Waals surface area contributed by atoms with Gasteiger partial charge in [-0.1, -0.05) is 6.07 Å². The normalized spacial score (nSPS) is 14.3. The highest BCUT2D eigenvalue weighted by Gasteiger charge is 2.33. The SMILES string of the molecule is Cc1cc(C(F)(F)F)ncc1N1CCc2[nH]c(-c3c(F)cccc3F)cc2C1. The van der Waals surface area contributed by atoms with Crippen molar-refractivity contribution in [2.45, 2.75) is 26.1 Å². The second kappa shape index (κ2) is 6.61. The molecule has 1 N–H and O–H groups in total. The number of hydrogen-bond acceptors (Lipinski definition) is 2. The van der Waals surface area contributed by atoms with Crippen molar-refractivity contribution in [3.05, 3.63) is 70.7 Å². The summed E-state index contributed by atoms with van der Waals surface area (Å²) in [5, 5.41) is 0. The molecule has 28 heavy (non-hydrogen) atoms. The maximum Gasteiger partial charge on any atom is 0.433 e. The van der Waals surface area contributed by atoms with Crippen LogP contribution in [0.4, 0.5) is 27.6 Å². The zero-order valence-electron chi connectivity index (χ0n) is 14.9. The summed E-state index contributed by atoms with van der Waals surface area (Å²) in [5.41, 5.74) is 2.11. The molecule has 1 aliphatic heterocycles. The quantitative estimate of drug-likeness (QED) is 0.604. The fourth-order valence-electron chi connectivity index (χ4n) is 3.57. The first-order chi connectivity index (χ1) is 13.2. The first-order valence-electron chi connectivity index (χ1n) is 8.68. The number of anilines is 1. The Morgan fingerprint density at radius 1 is 1.11 bits per heavy atom. The van der Waals surface area contributed by atoms with Gasteiger partial charge in [-0.3, -0.25) is 0 Å². The van der Waals surface area contributed by atoms with E-state index in [2.05, 4.69) is 9.97 Å². The molecule has 4 rings (SSSR count). The number of rotatable bonds is 2. The molecule has 0 fully saturated rings. The first kappa shape index (κ1) is 18.5. The van der Waals surface area contributed by atoms with Crippen molar-refractivity contribution in [1.82, 2.24) is 9.97 Å². The maximum atomic E-state index is 14.1. The Labute approximate surface area is 157 Å². The third kappa shape index (κ3) is 3.23. The van der Waals surface area contributed by atoms with Crippen molar-refractivity contribution in [3.63, 3.8) is 0 Å². The average Bonchev–Trinajstić information content (AvgIpc) is 3.03. The topological polar surface area (TPSA) is 31.9 Å². The Balaban J connectivity index is 1.64. The zero-order valence-corrected chi connectivity index (χ0v) is 14.9. The fourth-order valence-corrected chi connectivity index (χ4v) is 3.57. The van der Waals surface area contributed by atoms with Crippen LogP contribution in [0.3, 0.4) is 0 Å². The largest absolute Gasteiger partial charge is 0.433 e. The van der Waals surface area contributed by atoms with Crippen LogP contribution in [0.5, 0.6) is 0 Å². The highest BCUT2D eigenvalue weighted by Crippen LogP contribution is 2.34. The molecule has 0 saturated carbocycles. The minimum atomic E-state index is -4.49. The Bertz CT molecular complexity index is 1020. The Kier molecular flexibility index (Phi) is 4.36. The number of halogens is 5. The summed E-state index contributed by atoms with van der Waals surface area (Å²) < 4.78 is 66.6. The molecule has 0 bridgehead atoms. The van der Waals surface area contributed by atoms with Crippen LogP contribution in [0, 0.1) is 18.6 Å².